The largest absolute Gasteiger partial charge is 0.330 e. The van der Waals surface area contributed by atoms with Gasteiger partial charge in [-0.05, 0) is 26.0 Å². The van der Waals surface area contributed by atoms with Gasteiger partial charge in [-0.15, -0.1) is 0 Å². The molecule has 4 heteroatoms. The first-order chi connectivity index (χ1) is 8.20. The minimum atomic E-state index is 0.552. The molecular formula is C13H16N4. The Morgan fingerprint density at radius 3 is 2.53 bits per heavy atom. The Bertz CT molecular complexity index is 523. The zero-order chi connectivity index (χ0) is 12.3. The van der Waals surface area contributed by atoms with E-state index >= 15 is 0 Å². The van der Waals surface area contributed by atoms with Crippen LogP contribution in [0.25, 0.3) is 11.4 Å². The lowest BCUT2D eigenvalue weighted by atomic mass is 10.1. The molecule has 0 saturated carbocycles. The third-order valence-corrected chi connectivity index (χ3v) is 2.55. The van der Waals surface area contributed by atoms with Crippen molar-refractivity contribution in [3.05, 3.63) is 41.5 Å². The van der Waals surface area contributed by atoms with E-state index in [1.165, 1.54) is 0 Å². The van der Waals surface area contributed by atoms with Crippen molar-refractivity contribution in [1.29, 1.82) is 0 Å². The summed E-state index contributed by atoms with van der Waals surface area (Å²) < 4.78 is 0. The Morgan fingerprint density at radius 1 is 1.06 bits per heavy atom. The van der Waals surface area contributed by atoms with Crippen LogP contribution in [0.2, 0.25) is 0 Å². The molecule has 0 atom stereocenters. The molecule has 1 heterocycles. The number of nitrogens with zero attached hydrogens (tertiary/aromatic N) is 3. The van der Waals surface area contributed by atoms with Crippen LogP contribution in [0, 0.1) is 13.8 Å². The van der Waals surface area contributed by atoms with E-state index in [4.69, 9.17) is 5.73 Å². The fourth-order valence-electron chi connectivity index (χ4n) is 1.72. The monoisotopic (exact) mass is 228 g/mol. The van der Waals surface area contributed by atoms with E-state index in [-0.39, 0.29) is 0 Å². The predicted molar refractivity (Wildman–Crippen MR) is 67.5 cm³/mol. The summed E-state index contributed by atoms with van der Waals surface area (Å²) in [6, 6.07) is 8.07. The van der Waals surface area contributed by atoms with Crippen molar-refractivity contribution in [2.45, 2.75) is 20.3 Å². The summed E-state index contributed by atoms with van der Waals surface area (Å²) in [6.45, 7) is 4.48. The van der Waals surface area contributed by atoms with Crippen molar-refractivity contribution in [3.63, 3.8) is 0 Å². The first kappa shape index (κ1) is 11.7. The van der Waals surface area contributed by atoms with Gasteiger partial charge >= 0.3 is 0 Å². The molecule has 0 spiro atoms. The third kappa shape index (κ3) is 2.65. The summed E-state index contributed by atoms with van der Waals surface area (Å²) in [4.78, 5) is 13.1. The molecule has 0 bridgehead atoms. The molecule has 0 aliphatic heterocycles. The zero-order valence-corrected chi connectivity index (χ0v) is 10.1. The molecular weight excluding hydrogens is 212 g/mol. The average molecular weight is 228 g/mol. The second kappa shape index (κ2) is 5.01. The molecule has 0 saturated heterocycles. The molecule has 0 amide bonds. The smallest absolute Gasteiger partial charge is 0.163 e. The van der Waals surface area contributed by atoms with Crippen LogP contribution in [-0.4, -0.2) is 21.5 Å². The average Bonchev–Trinajstić information content (AvgIpc) is 2.29. The number of hydrogen-bond acceptors (Lipinski definition) is 4. The Balaban J connectivity index is 2.48. The topological polar surface area (TPSA) is 64.7 Å². The number of nitrogens with two attached hydrogens (primary N) is 1. The first-order valence-electron chi connectivity index (χ1n) is 5.68. The van der Waals surface area contributed by atoms with Crippen molar-refractivity contribution in [3.8, 4) is 11.4 Å². The summed E-state index contributed by atoms with van der Waals surface area (Å²) in [6.07, 6.45) is 0.683. The van der Waals surface area contributed by atoms with Gasteiger partial charge < -0.3 is 5.73 Å². The molecule has 2 aromatic rings. The summed E-state index contributed by atoms with van der Waals surface area (Å²) in [5.74, 6) is 2.24. The highest BCUT2D eigenvalue weighted by atomic mass is 15.0. The summed E-state index contributed by atoms with van der Waals surface area (Å²) >= 11 is 0. The second-order valence-corrected chi connectivity index (χ2v) is 3.98. The fraction of sp³-hybridized carbons (Fsp3) is 0.308. The molecule has 88 valence electrons. The summed E-state index contributed by atoms with van der Waals surface area (Å²) in [5, 5.41) is 0. The van der Waals surface area contributed by atoms with Crippen molar-refractivity contribution in [2.24, 2.45) is 5.73 Å². The first-order valence-corrected chi connectivity index (χ1v) is 5.68. The highest BCUT2D eigenvalue weighted by Gasteiger charge is 2.07. The molecule has 4 nitrogen and oxygen atoms in total. The maximum atomic E-state index is 5.53. The van der Waals surface area contributed by atoms with Crippen LogP contribution < -0.4 is 5.73 Å². The molecule has 2 rings (SSSR count). The quantitative estimate of drug-likeness (QED) is 0.867. The van der Waals surface area contributed by atoms with Crippen molar-refractivity contribution >= 4 is 0 Å². The molecule has 0 radical (unpaired) electrons. The lowest BCUT2D eigenvalue weighted by Gasteiger charge is -2.06. The molecule has 1 aromatic carbocycles. The van der Waals surface area contributed by atoms with Crippen molar-refractivity contribution < 1.29 is 0 Å². The van der Waals surface area contributed by atoms with E-state index in [2.05, 4.69) is 27.9 Å². The van der Waals surface area contributed by atoms with E-state index in [1.54, 1.807) is 0 Å². The second-order valence-electron chi connectivity index (χ2n) is 3.98. The molecule has 0 fully saturated rings. The van der Waals surface area contributed by atoms with Gasteiger partial charge in [0, 0.05) is 12.0 Å². The molecule has 0 unspecified atom stereocenters. The fourth-order valence-corrected chi connectivity index (χ4v) is 1.72. The Kier molecular flexibility index (Phi) is 3.44. The van der Waals surface area contributed by atoms with E-state index in [0.717, 1.165) is 28.6 Å². The molecule has 0 aliphatic rings. The number of aryl methyl sites for hydroxylation is 2. The van der Waals surface area contributed by atoms with Gasteiger partial charge in [0.2, 0.25) is 0 Å². The van der Waals surface area contributed by atoms with Gasteiger partial charge in [0.1, 0.15) is 11.6 Å². The summed E-state index contributed by atoms with van der Waals surface area (Å²) in [5.41, 5.74) is 7.74. The Labute approximate surface area is 101 Å². The minimum absolute atomic E-state index is 0.552. The molecule has 1 aromatic heterocycles. The van der Waals surface area contributed by atoms with Crippen LogP contribution in [0.5, 0.6) is 0 Å². The van der Waals surface area contributed by atoms with Gasteiger partial charge in [-0.1, -0.05) is 24.3 Å². The Hall–Kier alpha value is -1.81. The van der Waals surface area contributed by atoms with E-state index in [1.807, 2.05) is 25.1 Å². The van der Waals surface area contributed by atoms with Crippen molar-refractivity contribution in [2.75, 3.05) is 6.54 Å². The standard InChI is InChI=1S/C13H16N4/c1-9-5-3-4-6-11(9)13-16-10(2)15-12(17-13)7-8-14/h3-6H,7-8,14H2,1-2H3. The number of hydrogen-bond donors (Lipinski definition) is 1. The van der Waals surface area contributed by atoms with Gasteiger partial charge in [-0.2, -0.15) is 0 Å². The number of rotatable bonds is 3. The molecule has 0 aliphatic carbocycles. The Morgan fingerprint density at radius 2 is 1.82 bits per heavy atom. The van der Waals surface area contributed by atoms with E-state index in [0.29, 0.717) is 13.0 Å². The lowest BCUT2D eigenvalue weighted by Crippen LogP contribution is -2.09. The number of aromatic nitrogens is 3. The van der Waals surface area contributed by atoms with Crippen LogP contribution in [0.4, 0.5) is 0 Å². The van der Waals surface area contributed by atoms with Gasteiger partial charge in [-0.3, -0.25) is 0 Å². The molecule has 17 heavy (non-hydrogen) atoms. The minimum Gasteiger partial charge on any atom is -0.330 e. The van der Waals surface area contributed by atoms with Crippen molar-refractivity contribution in [1.82, 2.24) is 15.0 Å². The molecule has 2 N–H and O–H groups in total. The maximum absolute atomic E-state index is 5.53. The van der Waals surface area contributed by atoms with Crippen LogP contribution in [0.15, 0.2) is 24.3 Å². The van der Waals surface area contributed by atoms with E-state index < -0.39 is 0 Å². The van der Waals surface area contributed by atoms with Gasteiger partial charge in [0.05, 0.1) is 0 Å². The van der Waals surface area contributed by atoms with Gasteiger partial charge in [-0.25, -0.2) is 15.0 Å². The van der Waals surface area contributed by atoms with Crippen LogP contribution in [0.3, 0.4) is 0 Å². The van der Waals surface area contributed by atoms with Gasteiger partial charge in [0.25, 0.3) is 0 Å². The van der Waals surface area contributed by atoms with Crippen LogP contribution in [0.1, 0.15) is 17.2 Å². The van der Waals surface area contributed by atoms with Crippen LogP contribution >= 0.6 is 0 Å². The predicted octanol–water partition coefficient (Wildman–Crippen LogP) is 1.66. The normalized spacial score (nSPS) is 10.5. The summed E-state index contributed by atoms with van der Waals surface area (Å²) in [7, 11) is 0. The maximum Gasteiger partial charge on any atom is 0.163 e. The highest BCUT2D eigenvalue weighted by Crippen LogP contribution is 2.19. The van der Waals surface area contributed by atoms with Gasteiger partial charge in [0.15, 0.2) is 5.82 Å². The van der Waals surface area contributed by atoms with E-state index in [9.17, 15) is 0 Å². The number of benzene rings is 1. The zero-order valence-electron chi connectivity index (χ0n) is 10.1. The highest BCUT2D eigenvalue weighted by molar-refractivity contribution is 5.59. The van der Waals surface area contributed by atoms with Crippen LogP contribution in [-0.2, 0) is 6.42 Å². The SMILES string of the molecule is Cc1nc(CCN)nc(-c2ccccc2C)n1. The lowest BCUT2D eigenvalue weighted by molar-refractivity contribution is 0.827. The third-order valence-electron chi connectivity index (χ3n) is 2.55.